The molecule has 0 amide bonds. The van der Waals surface area contributed by atoms with E-state index in [9.17, 15) is 9.59 Å². The normalized spacial score (nSPS) is 10.7. The summed E-state index contributed by atoms with van der Waals surface area (Å²) in [6.45, 7) is 3.29. The van der Waals surface area contributed by atoms with Crippen LogP contribution in [-0.4, -0.2) is 21.9 Å². The Hall–Kier alpha value is -4.00. The smallest absolute Gasteiger partial charge is 0.374 e. The summed E-state index contributed by atoms with van der Waals surface area (Å²) in [4.78, 5) is 27.9. The Balaban J connectivity index is 1.41. The van der Waals surface area contributed by atoms with Crippen molar-refractivity contribution in [3.63, 3.8) is 0 Å². The van der Waals surface area contributed by atoms with Crippen molar-refractivity contribution in [2.75, 3.05) is 0 Å². The Kier molecular flexibility index (Phi) is 5.26. The van der Waals surface area contributed by atoms with Crippen molar-refractivity contribution in [1.82, 2.24) is 10.1 Å². The Morgan fingerprint density at radius 2 is 1.77 bits per heavy atom. The number of carbonyl (C=O) groups is 2. The van der Waals surface area contributed by atoms with Gasteiger partial charge in [0.05, 0.1) is 0 Å². The van der Waals surface area contributed by atoms with E-state index >= 15 is 0 Å². The number of aryl methyl sites for hydroxylation is 1. The number of carbonyl (C=O) groups excluding carboxylic acids is 2. The molecule has 0 saturated carbocycles. The Morgan fingerprint density at radius 3 is 2.50 bits per heavy atom. The fourth-order valence-electron chi connectivity index (χ4n) is 2.92. The molecule has 2 aromatic heterocycles. The quantitative estimate of drug-likeness (QED) is 0.335. The van der Waals surface area contributed by atoms with E-state index in [1.54, 1.807) is 30.3 Å². The van der Waals surface area contributed by atoms with Crippen molar-refractivity contribution < 1.29 is 23.3 Å². The van der Waals surface area contributed by atoms with E-state index in [-0.39, 0.29) is 24.0 Å². The number of esters is 1. The number of rotatable bonds is 6. The molecular formula is C23H18N2O5. The molecule has 0 saturated heterocycles. The van der Waals surface area contributed by atoms with Crippen LogP contribution in [0.25, 0.3) is 22.7 Å². The fourth-order valence-corrected chi connectivity index (χ4v) is 2.92. The first-order chi connectivity index (χ1) is 14.5. The average molecular weight is 402 g/mol. The monoisotopic (exact) mass is 402 g/mol. The van der Waals surface area contributed by atoms with Gasteiger partial charge in [0.15, 0.2) is 12.4 Å². The van der Waals surface area contributed by atoms with Crippen molar-refractivity contribution in [3.8, 4) is 22.7 Å². The van der Waals surface area contributed by atoms with E-state index in [0.717, 1.165) is 16.7 Å². The number of benzene rings is 2. The van der Waals surface area contributed by atoms with Gasteiger partial charge >= 0.3 is 5.97 Å². The number of aromatic nitrogens is 2. The number of nitrogens with zero attached hydrogens (tertiary/aromatic N) is 2. The van der Waals surface area contributed by atoms with Crippen molar-refractivity contribution in [2.24, 2.45) is 0 Å². The largest absolute Gasteiger partial charge is 0.450 e. The maximum atomic E-state index is 12.3. The predicted octanol–water partition coefficient (Wildman–Crippen LogP) is 4.86. The van der Waals surface area contributed by atoms with Crippen LogP contribution in [0.2, 0.25) is 0 Å². The van der Waals surface area contributed by atoms with Gasteiger partial charge in [-0.2, -0.15) is 4.98 Å². The summed E-state index contributed by atoms with van der Waals surface area (Å²) in [6.07, 6.45) is 0. The molecule has 4 aromatic rings. The maximum absolute atomic E-state index is 12.3. The van der Waals surface area contributed by atoms with Gasteiger partial charge in [-0.15, -0.1) is 0 Å². The topological polar surface area (TPSA) is 95.4 Å². The van der Waals surface area contributed by atoms with E-state index in [2.05, 4.69) is 10.1 Å². The molecule has 4 rings (SSSR count). The van der Waals surface area contributed by atoms with Crippen LogP contribution >= 0.6 is 0 Å². The van der Waals surface area contributed by atoms with E-state index in [1.807, 2.05) is 31.2 Å². The van der Waals surface area contributed by atoms with Crippen LogP contribution in [0.4, 0.5) is 0 Å². The lowest BCUT2D eigenvalue weighted by molar-refractivity contribution is 0.0394. The summed E-state index contributed by atoms with van der Waals surface area (Å²) in [5.74, 6) is 0.520. The van der Waals surface area contributed by atoms with Crippen LogP contribution in [0.1, 0.15) is 39.3 Å². The standard InChI is InChI=1S/C23H18N2O5/c1-14-5-3-4-6-18(14)22-24-21(30-25-22)13-28-23(27)20-12-11-19(29-20)17-9-7-16(8-10-17)15(2)26/h3-12H,13H2,1-2H3. The average Bonchev–Trinajstić information content (AvgIpc) is 3.42. The van der Waals surface area contributed by atoms with Crippen LogP contribution in [0.15, 0.2) is 69.6 Å². The van der Waals surface area contributed by atoms with E-state index in [0.29, 0.717) is 17.1 Å². The summed E-state index contributed by atoms with van der Waals surface area (Å²) in [6, 6.07) is 17.8. The lowest BCUT2D eigenvalue weighted by Gasteiger charge is -2.00. The molecule has 30 heavy (non-hydrogen) atoms. The minimum atomic E-state index is -0.641. The zero-order chi connectivity index (χ0) is 21.1. The van der Waals surface area contributed by atoms with E-state index in [4.69, 9.17) is 13.7 Å². The van der Waals surface area contributed by atoms with Crippen molar-refractivity contribution in [3.05, 3.63) is 83.4 Å². The molecule has 2 aromatic carbocycles. The highest BCUT2D eigenvalue weighted by atomic mass is 16.6. The van der Waals surface area contributed by atoms with Crippen LogP contribution in [-0.2, 0) is 11.3 Å². The first-order valence-corrected chi connectivity index (χ1v) is 9.28. The molecule has 0 radical (unpaired) electrons. The minimum Gasteiger partial charge on any atom is -0.450 e. The molecule has 0 unspecified atom stereocenters. The molecule has 0 aliphatic rings. The van der Waals surface area contributed by atoms with Crippen LogP contribution in [0.5, 0.6) is 0 Å². The van der Waals surface area contributed by atoms with Gasteiger partial charge in [0, 0.05) is 16.7 Å². The van der Waals surface area contributed by atoms with Gasteiger partial charge in [-0.05, 0) is 31.5 Å². The molecular weight excluding hydrogens is 384 g/mol. The lowest BCUT2D eigenvalue weighted by Crippen LogP contribution is -2.04. The van der Waals surface area contributed by atoms with Gasteiger partial charge in [-0.25, -0.2) is 4.79 Å². The van der Waals surface area contributed by atoms with E-state index < -0.39 is 5.97 Å². The Bertz CT molecular complexity index is 1200. The number of ether oxygens (including phenoxy) is 1. The highest BCUT2D eigenvalue weighted by Crippen LogP contribution is 2.24. The van der Waals surface area contributed by atoms with Gasteiger partial charge < -0.3 is 13.7 Å². The summed E-state index contributed by atoms with van der Waals surface area (Å²) in [5.41, 5.74) is 3.22. The molecule has 150 valence electrons. The molecule has 0 aliphatic heterocycles. The molecule has 2 heterocycles. The molecule has 0 aliphatic carbocycles. The first kappa shape index (κ1) is 19.3. The third kappa shape index (κ3) is 4.05. The molecule has 7 nitrogen and oxygen atoms in total. The van der Waals surface area contributed by atoms with Crippen molar-refractivity contribution >= 4 is 11.8 Å². The second-order valence-electron chi connectivity index (χ2n) is 6.70. The highest BCUT2D eigenvalue weighted by molar-refractivity contribution is 5.94. The van der Waals surface area contributed by atoms with E-state index in [1.165, 1.54) is 13.0 Å². The number of furan rings is 1. The van der Waals surface area contributed by atoms with Gasteiger partial charge in [-0.1, -0.05) is 53.7 Å². The van der Waals surface area contributed by atoms with Gasteiger partial charge in [0.1, 0.15) is 5.76 Å². The Labute approximate surface area is 172 Å². The Morgan fingerprint density at radius 1 is 1.00 bits per heavy atom. The SMILES string of the molecule is CC(=O)c1ccc(-c2ccc(C(=O)OCc3nc(-c4ccccc4C)no3)o2)cc1. The maximum Gasteiger partial charge on any atom is 0.374 e. The first-order valence-electron chi connectivity index (χ1n) is 9.28. The molecule has 0 bridgehead atoms. The van der Waals surface area contributed by atoms with Gasteiger partial charge in [-0.3, -0.25) is 4.79 Å². The number of hydrogen-bond donors (Lipinski definition) is 0. The molecule has 0 N–H and O–H groups in total. The van der Waals surface area contributed by atoms with Gasteiger partial charge in [0.2, 0.25) is 11.6 Å². The van der Waals surface area contributed by atoms with Crippen molar-refractivity contribution in [2.45, 2.75) is 20.5 Å². The van der Waals surface area contributed by atoms with Crippen LogP contribution < -0.4 is 0 Å². The van der Waals surface area contributed by atoms with Crippen LogP contribution in [0, 0.1) is 6.92 Å². The number of ketones is 1. The summed E-state index contributed by atoms with van der Waals surface area (Å²) < 4.78 is 16.0. The van der Waals surface area contributed by atoms with Gasteiger partial charge in [0.25, 0.3) is 5.89 Å². The third-order valence-corrected chi connectivity index (χ3v) is 4.56. The fraction of sp³-hybridized carbons (Fsp3) is 0.130. The molecule has 0 spiro atoms. The second-order valence-corrected chi connectivity index (χ2v) is 6.70. The summed E-state index contributed by atoms with van der Waals surface area (Å²) in [7, 11) is 0. The molecule has 0 atom stereocenters. The zero-order valence-electron chi connectivity index (χ0n) is 16.4. The summed E-state index contributed by atoms with van der Waals surface area (Å²) >= 11 is 0. The lowest BCUT2D eigenvalue weighted by atomic mass is 10.1. The van der Waals surface area contributed by atoms with Crippen molar-refractivity contribution in [1.29, 1.82) is 0 Å². The molecule has 0 fully saturated rings. The third-order valence-electron chi connectivity index (χ3n) is 4.56. The predicted molar refractivity (Wildman–Crippen MR) is 108 cm³/mol. The zero-order valence-corrected chi connectivity index (χ0v) is 16.4. The second kappa shape index (κ2) is 8.16. The number of hydrogen-bond acceptors (Lipinski definition) is 7. The highest BCUT2D eigenvalue weighted by Gasteiger charge is 2.17. The minimum absolute atomic E-state index is 0.0168. The molecule has 7 heteroatoms. The number of Topliss-reactive ketones (excluding diaryl/α,β-unsaturated/α-hetero) is 1. The van der Waals surface area contributed by atoms with Crippen LogP contribution in [0.3, 0.4) is 0 Å². The summed E-state index contributed by atoms with van der Waals surface area (Å²) in [5, 5.41) is 3.94.